The van der Waals surface area contributed by atoms with Crippen LogP contribution in [0.25, 0.3) is 11.3 Å². The molecule has 0 bridgehead atoms. The van der Waals surface area contributed by atoms with E-state index in [4.69, 9.17) is 0 Å². The Morgan fingerprint density at radius 1 is 0.905 bits per heavy atom. The van der Waals surface area contributed by atoms with Crippen LogP contribution in [0.3, 0.4) is 0 Å². The lowest BCUT2D eigenvalue weighted by Gasteiger charge is -2.42. The van der Waals surface area contributed by atoms with Crippen LogP contribution < -0.4 is 0 Å². The van der Waals surface area contributed by atoms with Gasteiger partial charge in [0.2, 0.25) is 0 Å². The smallest absolute Gasteiger partial charge is 0.0702 e. The highest BCUT2D eigenvalue weighted by Gasteiger charge is 2.36. The van der Waals surface area contributed by atoms with Crippen LogP contribution >= 0.6 is 15.9 Å². The van der Waals surface area contributed by atoms with Crippen molar-refractivity contribution in [2.75, 3.05) is 0 Å². The second-order valence-corrected chi connectivity index (χ2v) is 8.31. The Morgan fingerprint density at radius 3 is 2.19 bits per heavy atom. The highest BCUT2D eigenvalue weighted by Crippen LogP contribution is 2.46. The quantitative estimate of drug-likeness (QED) is 0.631. The predicted octanol–water partition coefficient (Wildman–Crippen LogP) is 5.86. The average molecular weight is 344 g/mol. The number of aromatic nitrogens is 1. The molecule has 0 amide bonds. The van der Waals surface area contributed by atoms with E-state index in [0.29, 0.717) is 0 Å². The van der Waals surface area contributed by atoms with Gasteiger partial charge in [0.1, 0.15) is 0 Å². The largest absolute Gasteiger partial charge is 0.255 e. The van der Waals surface area contributed by atoms with Crippen molar-refractivity contribution in [3.05, 3.63) is 52.1 Å². The molecule has 3 rings (SSSR count). The number of nitrogens with zero attached hydrogens (tertiary/aromatic N) is 1. The Kier molecular flexibility index (Phi) is 3.48. The van der Waals surface area contributed by atoms with E-state index in [1.807, 2.05) is 6.20 Å². The summed E-state index contributed by atoms with van der Waals surface area (Å²) in [6, 6.07) is 11.0. The summed E-state index contributed by atoms with van der Waals surface area (Å²) in [5.41, 5.74) is 5.76. The maximum absolute atomic E-state index is 4.53. The maximum Gasteiger partial charge on any atom is 0.0702 e. The monoisotopic (exact) mass is 343 g/mol. The maximum atomic E-state index is 4.53. The van der Waals surface area contributed by atoms with Crippen molar-refractivity contribution in [1.29, 1.82) is 0 Å². The van der Waals surface area contributed by atoms with E-state index >= 15 is 0 Å². The summed E-state index contributed by atoms with van der Waals surface area (Å²) in [6.07, 6.45) is 4.36. The Balaban J connectivity index is 2.14. The van der Waals surface area contributed by atoms with E-state index in [9.17, 15) is 0 Å². The lowest BCUT2D eigenvalue weighted by Crippen LogP contribution is -2.33. The fourth-order valence-corrected chi connectivity index (χ4v) is 3.53. The van der Waals surface area contributed by atoms with Crippen molar-refractivity contribution >= 4 is 15.9 Å². The summed E-state index contributed by atoms with van der Waals surface area (Å²) in [5, 5.41) is 0. The van der Waals surface area contributed by atoms with Gasteiger partial charge in [0.25, 0.3) is 0 Å². The predicted molar refractivity (Wildman–Crippen MR) is 92.7 cm³/mol. The Morgan fingerprint density at radius 2 is 1.57 bits per heavy atom. The standard InChI is InChI=1S/C19H22BrN/c1-18(2)9-10-19(3,4)16-11-13(5-7-15(16)18)17-8-6-14(20)12-21-17/h5-8,11-12H,9-10H2,1-4H3. The van der Waals surface area contributed by atoms with Gasteiger partial charge in [0.15, 0.2) is 0 Å². The lowest BCUT2D eigenvalue weighted by atomic mass is 9.63. The van der Waals surface area contributed by atoms with E-state index in [-0.39, 0.29) is 10.8 Å². The van der Waals surface area contributed by atoms with Crippen LogP contribution in [0.1, 0.15) is 51.7 Å². The zero-order chi connectivity index (χ0) is 15.3. The molecule has 0 atom stereocenters. The van der Waals surface area contributed by atoms with Crippen LogP contribution in [0.4, 0.5) is 0 Å². The minimum Gasteiger partial charge on any atom is -0.255 e. The number of pyridine rings is 1. The molecule has 1 aromatic carbocycles. The van der Waals surface area contributed by atoms with Crippen molar-refractivity contribution in [3.63, 3.8) is 0 Å². The number of rotatable bonds is 1. The van der Waals surface area contributed by atoms with Gasteiger partial charge in [0.05, 0.1) is 5.69 Å². The number of fused-ring (bicyclic) bond motifs is 1. The molecule has 2 heteroatoms. The third-order valence-electron chi connectivity index (χ3n) is 4.88. The first kappa shape index (κ1) is 14.8. The molecule has 0 aliphatic heterocycles. The Hall–Kier alpha value is -1.15. The molecule has 0 fully saturated rings. The SMILES string of the molecule is CC1(C)CCC(C)(C)c2cc(-c3ccc(Br)cn3)ccc21. The molecule has 110 valence electrons. The van der Waals surface area contributed by atoms with E-state index in [1.165, 1.54) is 29.5 Å². The number of halogens is 1. The number of hydrogen-bond acceptors (Lipinski definition) is 1. The molecule has 1 aliphatic rings. The van der Waals surface area contributed by atoms with Crippen LogP contribution in [0, 0.1) is 0 Å². The van der Waals surface area contributed by atoms with E-state index in [2.05, 4.69) is 78.9 Å². The molecule has 0 radical (unpaired) electrons. The molecular formula is C19H22BrN. The van der Waals surface area contributed by atoms with E-state index in [0.717, 1.165) is 10.2 Å². The average Bonchev–Trinajstić information content (AvgIpc) is 2.45. The van der Waals surface area contributed by atoms with Crippen molar-refractivity contribution < 1.29 is 0 Å². The van der Waals surface area contributed by atoms with Gasteiger partial charge in [0, 0.05) is 16.2 Å². The summed E-state index contributed by atoms with van der Waals surface area (Å²) in [4.78, 5) is 4.53. The molecule has 0 N–H and O–H groups in total. The fourth-order valence-electron chi connectivity index (χ4n) is 3.29. The van der Waals surface area contributed by atoms with Crippen LogP contribution in [0.2, 0.25) is 0 Å². The molecule has 21 heavy (non-hydrogen) atoms. The van der Waals surface area contributed by atoms with Crippen molar-refractivity contribution in [1.82, 2.24) is 4.98 Å². The van der Waals surface area contributed by atoms with E-state index in [1.54, 1.807) is 0 Å². The molecule has 0 spiro atoms. The summed E-state index contributed by atoms with van der Waals surface area (Å²) < 4.78 is 1.02. The molecule has 1 aromatic heterocycles. The zero-order valence-electron chi connectivity index (χ0n) is 13.2. The second-order valence-electron chi connectivity index (χ2n) is 7.39. The second kappa shape index (κ2) is 4.95. The Labute approximate surface area is 135 Å². The van der Waals surface area contributed by atoms with Gasteiger partial charge in [-0.25, -0.2) is 0 Å². The summed E-state index contributed by atoms with van der Waals surface area (Å²) in [6.45, 7) is 9.44. The minimum absolute atomic E-state index is 0.246. The third-order valence-corrected chi connectivity index (χ3v) is 5.35. The number of benzene rings is 1. The van der Waals surface area contributed by atoms with Gasteiger partial charge < -0.3 is 0 Å². The van der Waals surface area contributed by atoms with Gasteiger partial charge in [-0.2, -0.15) is 0 Å². The van der Waals surface area contributed by atoms with Gasteiger partial charge in [-0.05, 0) is 68.9 Å². The first-order chi connectivity index (χ1) is 9.79. The van der Waals surface area contributed by atoms with Crippen LogP contribution in [-0.2, 0) is 10.8 Å². The van der Waals surface area contributed by atoms with E-state index < -0.39 is 0 Å². The van der Waals surface area contributed by atoms with Crippen molar-refractivity contribution in [3.8, 4) is 11.3 Å². The molecule has 1 aliphatic carbocycles. The first-order valence-corrected chi connectivity index (χ1v) is 8.36. The highest BCUT2D eigenvalue weighted by atomic mass is 79.9. The molecule has 0 saturated heterocycles. The first-order valence-electron chi connectivity index (χ1n) is 7.57. The van der Waals surface area contributed by atoms with Crippen LogP contribution in [0.15, 0.2) is 41.0 Å². The van der Waals surface area contributed by atoms with Gasteiger partial charge in [-0.1, -0.05) is 39.8 Å². The van der Waals surface area contributed by atoms with Crippen LogP contribution in [0.5, 0.6) is 0 Å². The molecule has 2 aromatic rings. The molecule has 0 saturated carbocycles. The van der Waals surface area contributed by atoms with Gasteiger partial charge in [-0.3, -0.25) is 4.98 Å². The van der Waals surface area contributed by atoms with Gasteiger partial charge >= 0.3 is 0 Å². The molecule has 0 unspecified atom stereocenters. The lowest BCUT2D eigenvalue weighted by molar-refractivity contribution is 0.332. The Bertz CT molecular complexity index is 668. The highest BCUT2D eigenvalue weighted by molar-refractivity contribution is 9.10. The van der Waals surface area contributed by atoms with Crippen LogP contribution in [-0.4, -0.2) is 4.98 Å². The van der Waals surface area contributed by atoms with Gasteiger partial charge in [-0.15, -0.1) is 0 Å². The minimum atomic E-state index is 0.246. The summed E-state index contributed by atoms with van der Waals surface area (Å²) in [7, 11) is 0. The molecular weight excluding hydrogens is 322 g/mol. The summed E-state index contributed by atoms with van der Waals surface area (Å²) in [5.74, 6) is 0. The topological polar surface area (TPSA) is 12.9 Å². The normalized spacial score (nSPS) is 19.1. The third kappa shape index (κ3) is 2.66. The summed E-state index contributed by atoms with van der Waals surface area (Å²) >= 11 is 3.45. The number of hydrogen-bond donors (Lipinski definition) is 0. The zero-order valence-corrected chi connectivity index (χ0v) is 14.8. The fraction of sp³-hybridized carbons (Fsp3) is 0.421. The van der Waals surface area contributed by atoms with Crippen molar-refractivity contribution in [2.45, 2.75) is 51.4 Å². The molecule has 1 nitrogen and oxygen atoms in total. The molecule has 1 heterocycles. The van der Waals surface area contributed by atoms with Crippen molar-refractivity contribution in [2.24, 2.45) is 0 Å².